The predicted molar refractivity (Wildman–Crippen MR) is 43.9 cm³/mol. The van der Waals surface area contributed by atoms with E-state index in [1.165, 1.54) is 0 Å². The van der Waals surface area contributed by atoms with Crippen LogP contribution in [0.2, 0.25) is 0 Å². The number of esters is 1. The lowest BCUT2D eigenvalue weighted by Crippen LogP contribution is -2.48. The van der Waals surface area contributed by atoms with Gasteiger partial charge in [-0.15, -0.1) is 0 Å². The third-order valence-electron chi connectivity index (χ3n) is 1.30. The van der Waals surface area contributed by atoms with Gasteiger partial charge in [0, 0.05) is 0 Å². The fourth-order valence-electron chi connectivity index (χ4n) is 0.820. The number of cyclic esters (lactones) is 1. The molecule has 1 heterocycles. The van der Waals surface area contributed by atoms with Crippen molar-refractivity contribution in [2.75, 3.05) is 0 Å². The van der Waals surface area contributed by atoms with E-state index in [9.17, 15) is 9.59 Å². The SMILES string of the molecule is CC(C)(C)OC(=O)N[C@@H]1CC(=O)O1. The van der Waals surface area contributed by atoms with Crippen molar-refractivity contribution in [3.8, 4) is 0 Å². The molecule has 5 heteroatoms. The van der Waals surface area contributed by atoms with E-state index in [1.807, 2.05) is 0 Å². The quantitative estimate of drug-likeness (QED) is 0.616. The van der Waals surface area contributed by atoms with Crippen molar-refractivity contribution in [2.24, 2.45) is 0 Å². The minimum Gasteiger partial charge on any atom is -0.444 e. The Bertz CT molecular complexity index is 223. The molecule has 0 radical (unpaired) electrons. The number of alkyl carbamates (subject to hydrolysis) is 1. The Morgan fingerprint density at radius 1 is 1.62 bits per heavy atom. The number of nitrogens with one attached hydrogen (secondary N) is 1. The highest BCUT2D eigenvalue weighted by Gasteiger charge is 2.31. The minimum atomic E-state index is -0.565. The summed E-state index contributed by atoms with van der Waals surface area (Å²) < 4.78 is 9.51. The maximum absolute atomic E-state index is 11.0. The molecular formula is C8H13NO4. The van der Waals surface area contributed by atoms with Crippen LogP contribution in [0.5, 0.6) is 0 Å². The largest absolute Gasteiger partial charge is 0.444 e. The van der Waals surface area contributed by atoms with Crippen LogP contribution < -0.4 is 5.32 Å². The summed E-state index contributed by atoms with van der Waals surface area (Å²) in [7, 11) is 0. The summed E-state index contributed by atoms with van der Waals surface area (Å²) in [6.45, 7) is 5.29. The van der Waals surface area contributed by atoms with E-state index in [0.29, 0.717) is 0 Å². The Kier molecular flexibility index (Phi) is 2.45. The van der Waals surface area contributed by atoms with Crippen molar-refractivity contribution < 1.29 is 19.1 Å². The third-order valence-corrected chi connectivity index (χ3v) is 1.30. The van der Waals surface area contributed by atoms with Gasteiger partial charge in [0.05, 0.1) is 0 Å². The van der Waals surface area contributed by atoms with Crippen LogP contribution in [0.1, 0.15) is 27.2 Å². The highest BCUT2D eigenvalue weighted by Crippen LogP contribution is 2.12. The van der Waals surface area contributed by atoms with Crippen molar-refractivity contribution >= 4 is 12.1 Å². The van der Waals surface area contributed by atoms with Crippen molar-refractivity contribution in [3.05, 3.63) is 0 Å². The fourth-order valence-corrected chi connectivity index (χ4v) is 0.820. The molecule has 1 amide bonds. The molecule has 1 aliphatic rings. The van der Waals surface area contributed by atoms with E-state index in [4.69, 9.17) is 4.74 Å². The Labute approximate surface area is 76.4 Å². The van der Waals surface area contributed by atoms with Crippen LogP contribution in [0.15, 0.2) is 0 Å². The lowest BCUT2D eigenvalue weighted by molar-refractivity contribution is -0.171. The van der Waals surface area contributed by atoms with Gasteiger partial charge in [0.2, 0.25) is 0 Å². The Balaban J connectivity index is 2.22. The van der Waals surface area contributed by atoms with Crippen LogP contribution in [0.25, 0.3) is 0 Å². The lowest BCUT2D eigenvalue weighted by Gasteiger charge is -2.27. The lowest BCUT2D eigenvalue weighted by atomic mass is 10.2. The van der Waals surface area contributed by atoms with Gasteiger partial charge in [0.1, 0.15) is 12.0 Å². The van der Waals surface area contributed by atoms with Crippen molar-refractivity contribution in [3.63, 3.8) is 0 Å². The molecule has 0 aromatic rings. The molecule has 0 bridgehead atoms. The molecule has 0 unspecified atom stereocenters. The van der Waals surface area contributed by atoms with E-state index in [1.54, 1.807) is 20.8 Å². The van der Waals surface area contributed by atoms with Crippen LogP contribution in [-0.4, -0.2) is 23.9 Å². The maximum Gasteiger partial charge on any atom is 0.410 e. The standard InChI is InChI=1S/C8H13NO4/c1-8(2,3)13-7(11)9-5-4-6(10)12-5/h5H,4H2,1-3H3,(H,9,11)/t5-/m0/s1. The van der Waals surface area contributed by atoms with Crippen LogP contribution in [-0.2, 0) is 14.3 Å². The molecule has 0 aromatic carbocycles. The van der Waals surface area contributed by atoms with E-state index in [-0.39, 0.29) is 12.4 Å². The van der Waals surface area contributed by atoms with Crippen molar-refractivity contribution in [2.45, 2.75) is 39.0 Å². The number of hydrogen-bond donors (Lipinski definition) is 1. The zero-order chi connectivity index (χ0) is 10.1. The zero-order valence-corrected chi connectivity index (χ0v) is 7.92. The molecule has 74 valence electrons. The van der Waals surface area contributed by atoms with Gasteiger partial charge in [-0.1, -0.05) is 0 Å². The molecule has 1 atom stereocenters. The first kappa shape index (κ1) is 9.83. The summed E-state index contributed by atoms with van der Waals surface area (Å²) in [5.74, 6) is -0.305. The molecule has 1 rings (SSSR count). The monoisotopic (exact) mass is 187 g/mol. The van der Waals surface area contributed by atoms with E-state index in [2.05, 4.69) is 10.1 Å². The first-order valence-corrected chi connectivity index (χ1v) is 4.06. The first-order chi connectivity index (χ1) is 5.87. The highest BCUT2D eigenvalue weighted by molar-refractivity contribution is 5.77. The number of amides is 1. The highest BCUT2D eigenvalue weighted by atomic mass is 16.6. The first-order valence-electron chi connectivity index (χ1n) is 4.06. The fraction of sp³-hybridized carbons (Fsp3) is 0.750. The van der Waals surface area contributed by atoms with Gasteiger partial charge in [0.15, 0.2) is 6.23 Å². The Morgan fingerprint density at radius 2 is 2.15 bits per heavy atom. The second kappa shape index (κ2) is 3.24. The normalized spacial score (nSPS) is 21.5. The van der Waals surface area contributed by atoms with Crippen LogP contribution in [0.4, 0.5) is 4.79 Å². The Hall–Kier alpha value is -1.26. The number of rotatable bonds is 1. The topological polar surface area (TPSA) is 64.6 Å². The minimum absolute atomic E-state index is 0.221. The van der Waals surface area contributed by atoms with Crippen molar-refractivity contribution in [1.82, 2.24) is 5.32 Å². The molecule has 1 fully saturated rings. The van der Waals surface area contributed by atoms with Gasteiger partial charge >= 0.3 is 12.1 Å². The van der Waals surface area contributed by atoms with Gasteiger partial charge in [0.25, 0.3) is 0 Å². The van der Waals surface area contributed by atoms with Gasteiger partial charge < -0.3 is 9.47 Å². The number of carbonyl (C=O) groups excluding carboxylic acids is 2. The molecule has 13 heavy (non-hydrogen) atoms. The molecule has 1 aliphatic heterocycles. The number of ether oxygens (including phenoxy) is 2. The summed E-state index contributed by atoms with van der Waals surface area (Å²) in [6.07, 6.45) is -0.855. The van der Waals surface area contributed by atoms with Gasteiger partial charge in [-0.3, -0.25) is 10.1 Å². The Morgan fingerprint density at radius 3 is 2.54 bits per heavy atom. The zero-order valence-electron chi connectivity index (χ0n) is 7.92. The number of carbonyl (C=O) groups is 2. The predicted octanol–water partition coefficient (Wildman–Crippen LogP) is 0.784. The molecule has 0 spiro atoms. The molecule has 0 aliphatic carbocycles. The van der Waals surface area contributed by atoms with Crippen molar-refractivity contribution in [1.29, 1.82) is 0 Å². The second-order valence-corrected chi connectivity index (χ2v) is 3.83. The van der Waals surface area contributed by atoms with E-state index < -0.39 is 17.9 Å². The third kappa shape index (κ3) is 3.31. The van der Waals surface area contributed by atoms with Crippen LogP contribution in [0, 0.1) is 0 Å². The average Bonchev–Trinajstić information content (AvgIpc) is 1.79. The van der Waals surface area contributed by atoms with E-state index in [0.717, 1.165) is 0 Å². The molecule has 0 aromatic heterocycles. The molecule has 0 saturated carbocycles. The number of hydrogen-bond acceptors (Lipinski definition) is 4. The van der Waals surface area contributed by atoms with Gasteiger partial charge in [-0.05, 0) is 20.8 Å². The van der Waals surface area contributed by atoms with Crippen LogP contribution in [0.3, 0.4) is 0 Å². The second-order valence-electron chi connectivity index (χ2n) is 3.83. The summed E-state index contributed by atoms with van der Waals surface area (Å²) in [5.41, 5.74) is -0.530. The molecule has 1 saturated heterocycles. The maximum atomic E-state index is 11.0. The summed E-state index contributed by atoms with van der Waals surface area (Å²) >= 11 is 0. The average molecular weight is 187 g/mol. The molecular weight excluding hydrogens is 174 g/mol. The molecule has 5 nitrogen and oxygen atoms in total. The summed E-state index contributed by atoms with van der Waals surface area (Å²) in [6, 6.07) is 0. The molecule has 1 N–H and O–H groups in total. The summed E-state index contributed by atoms with van der Waals surface area (Å²) in [5, 5.41) is 2.40. The van der Waals surface area contributed by atoms with Gasteiger partial charge in [-0.2, -0.15) is 0 Å². The van der Waals surface area contributed by atoms with Gasteiger partial charge in [-0.25, -0.2) is 4.79 Å². The van der Waals surface area contributed by atoms with E-state index >= 15 is 0 Å². The smallest absolute Gasteiger partial charge is 0.410 e. The summed E-state index contributed by atoms with van der Waals surface area (Å²) in [4.78, 5) is 21.4. The van der Waals surface area contributed by atoms with Crippen LogP contribution >= 0.6 is 0 Å².